The zero-order valence-corrected chi connectivity index (χ0v) is 14.0. The van der Waals surface area contributed by atoms with Crippen molar-refractivity contribution in [1.29, 1.82) is 0 Å². The number of hydrogen-bond donors (Lipinski definition) is 1. The molecule has 3 nitrogen and oxygen atoms in total. The highest BCUT2D eigenvalue weighted by Gasteiger charge is 2.25. The van der Waals surface area contributed by atoms with Gasteiger partial charge in [-0.15, -0.1) is 11.3 Å². The van der Waals surface area contributed by atoms with Crippen LogP contribution < -0.4 is 5.32 Å². The molecule has 1 N–H and O–H groups in total. The van der Waals surface area contributed by atoms with Crippen molar-refractivity contribution in [2.24, 2.45) is 0 Å². The van der Waals surface area contributed by atoms with Crippen LogP contribution in [0, 0.1) is 0 Å². The molecule has 0 aliphatic carbocycles. The average Bonchev–Trinajstić information content (AvgIpc) is 2.77. The van der Waals surface area contributed by atoms with Gasteiger partial charge < -0.3 is 10.1 Å². The van der Waals surface area contributed by atoms with E-state index < -0.39 is 0 Å². The minimum Gasteiger partial charge on any atom is -0.371 e. The summed E-state index contributed by atoms with van der Waals surface area (Å²) in [6.45, 7) is 15.6. The molecular weight excluding hydrogens is 256 g/mol. The number of ether oxygens (including phenoxy) is 1. The van der Waals surface area contributed by atoms with E-state index in [2.05, 4.69) is 39.9 Å². The van der Waals surface area contributed by atoms with Crippen molar-refractivity contribution in [3.8, 4) is 0 Å². The number of aromatic nitrogens is 1. The van der Waals surface area contributed by atoms with Gasteiger partial charge in [-0.25, -0.2) is 4.98 Å². The van der Waals surface area contributed by atoms with Crippen molar-refractivity contribution in [2.45, 2.75) is 66.0 Å². The maximum Gasteiger partial charge on any atom is 0.122 e. The summed E-state index contributed by atoms with van der Waals surface area (Å²) >= 11 is 1.80. The summed E-state index contributed by atoms with van der Waals surface area (Å²) in [5.41, 5.74) is 1.30. The van der Waals surface area contributed by atoms with Crippen LogP contribution in [0.4, 0.5) is 0 Å². The zero-order chi connectivity index (χ0) is 14.5. The standard InChI is InChI=1S/C15H28N2OS/c1-7-11(18-9-3)14-17-13(15(4,5)6)12(19-14)10-16-8-2/h11,16H,7-10H2,1-6H3. The van der Waals surface area contributed by atoms with Crippen LogP contribution in [-0.4, -0.2) is 18.1 Å². The molecular formula is C15H28N2OS. The summed E-state index contributed by atoms with van der Waals surface area (Å²) in [5, 5.41) is 4.54. The largest absolute Gasteiger partial charge is 0.371 e. The highest BCUT2D eigenvalue weighted by molar-refractivity contribution is 7.11. The Kier molecular flexibility index (Phi) is 6.43. The monoisotopic (exact) mass is 284 g/mol. The third kappa shape index (κ3) is 4.55. The van der Waals surface area contributed by atoms with Crippen LogP contribution in [0.25, 0.3) is 0 Å². The predicted molar refractivity (Wildman–Crippen MR) is 82.9 cm³/mol. The van der Waals surface area contributed by atoms with Crippen molar-refractivity contribution < 1.29 is 4.74 Å². The fourth-order valence-electron chi connectivity index (χ4n) is 2.02. The number of nitrogens with one attached hydrogen (secondary N) is 1. The Morgan fingerprint density at radius 2 is 1.95 bits per heavy atom. The van der Waals surface area contributed by atoms with Gasteiger partial charge in [-0.05, 0) is 19.9 Å². The molecule has 1 atom stereocenters. The summed E-state index contributed by atoms with van der Waals surface area (Å²) in [6, 6.07) is 0. The van der Waals surface area contributed by atoms with E-state index in [4.69, 9.17) is 9.72 Å². The lowest BCUT2D eigenvalue weighted by molar-refractivity contribution is 0.0594. The molecule has 1 rings (SSSR count). The Labute approximate surface area is 121 Å². The van der Waals surface area contributed by atoms with Crippen molar-refractivity contribution >= 4 is 11.3 Å². The van der Waals surface area contributed by atoms with Crippen molar-refractivity contribution in [1.82, 2.24) is 10.3 Å². The van der Waals surface area contributed by atoms with E-state index >= 15 is 0 Å². The van der Waals surface area contributed by atoms with Crippen LogP contribution in [-0.2, 0) is 16.7 Å². The molecule has 1 heterocycles. The highest BCUT2D eigenvalue weighted by atomic mass is 32.1. The van der Waals surface area contributed by atoms with Gasteiger partial charge in [0.2, 0.25) is 0 Å². The van der Waals surface area contributed by atoms with E-state index in [-0.39, 0.29) is 11.5 Å². The van der Waals surface area contributed by atoms with Crippen molar-refractivity contribution in [3.63, 3.8) is 0 Å². The zero-order valence-electron chi connectivity index (χ0n) is 13.2. The Bertz CT molecular complexity index is 382. The third-order valence-corrected chi connectivity index (χ3v) is 4.12. The van der Waals surface area contributed by atoms with Gasteiger partial charge in [0.15, 0.2) is 0 Å². The Balaban J connectivity index is 3.04. The smallest absolute Gasteiger partial charge is 0.122 e. The molecule has 0 aliphatic rings. The van der Waals surface area contributed by atoms with E-state index in [0.29, 0.717) is 0 Å². The molecule has 1 aromatic rings. The molecule has 0 bridgehead atoms. The number of rotatable bonds is 7. The Morgan fingerprint density at radius 1 is 1.26 bits per heavy atom. The first kappa shape index (κ1) is 16.6. The summed E-state index contributed by atoms with van der Waals surface area (Å²) < 4.78 is 5.79. The second-order valence-corrected chi connectivity index (χ2v) is 6.82. The first-order chi connectivity index (χ1) is 8.93. The predicted octanol–water partition coefficient (Wildman–Crippen LogP) is 4.04. The van der Waals surface area contributed by atoms with Crippen LogP contribution in [0.15, 0.2) is 0 Å². The lowest BCUT2D eigenvalue weighted by Crippen LogP contribution is -2.18. The quantitative estimate of drug-likeness (QED) is 0.820. The SMILES string of the molecule is CCNCc1sc(C(CC)OCC)nc1C(C)(C)C. The van der Waals surface area contributed by atoms with E-state index in [1.165, 1.54) is 10.6 Å². The molecule has 0 radical (unpaired) electrons. The molecule has 110 valence electrons. The van der Waals surface area contributed by atoms with Crippen molar-refractivity contribution in [3.05, 3.63) is 15.6 Å². The fourth-order valence-corrected chi connectivity index (χ4v) is 3.40. The first-order valence-corrected chi connectivity index (χ1v) is 8.08. The first-order valence-electron chi connectivity index (χ1n) is 7.26. The summed E-state index contributed by atoms with van der Waals surface area (Å²) in [7, 11) is 0. The average molecular weight is 284 g/mol. The summed E-state index contributed by atoms with van der Waals surface area (Å²) in [4.78, 5) is 6.23. The minimum absolute atomic E-state index is 0.0873. The number of hydrogen-bond acceptors (Lipinski definition) is 4. The molecule has 1 unspecified atom stereocenters. The minimum atomic E-state index is 0.0873. The van der Waals surface area contributed by atoms with Crippen LogP contribution in [0.1, 0.15) is 69.6 Å². The van der Waals surface area contributed by atoms with E-state index in [0.717, 1.165) is 31.1 Å². The van der Waals surface area contributed by atoms with Gasteiger partial charge in [-0.3, -0.25) is 0 Å². The van der Waals surface area contributed by atoms with Crippen LogP contribution in [0.5, 0.6) is 0 Å². The maximum absolute atomic E-state index is 5.79. The van der Waals surface area contributed by atoms with E-state index in [1.807, 2.05) is 6.92 Å². The highest BCUT2D eigenvalue weighted by Crippen LogP contribution is 2.34. The summed E-state index contributed by atoms with van der Waals surface area (Å²) in [5.74, 6) is 0. The molecule has 0 spiro atoms. The maximum atomic E-state index is 5.79. The molecule has 0 fully saturated rings. The molecule has 4 heteroatoms. The molecule has 0 aromatic carbocycles. The molecule has 19 heavy (non-hydrogen) atoms. The lowest BCUT2D eigenvalue weighted by atomic mass is 9.91. The van der Waals surface area contributed by atoms with Gasteiger partial charge in [-0.1, -0.05) is 34.6 Å². The van der Waals surface area contributed by atoms with Gasteiger partial charge >= 0.3 is 0 Å². The fraction of sp³-hybridized carbons (Fsp3) is 0.800. The lowest BCUT2D eigenvalue weighted by Gasteiger charge is -2.18. The van der Waals surface area contributed by atoms with E-state index in [1.54, 1.807) is 11.3 Å². The molecule has 0 saturated heterocycles. The van der Waals surface area contributed by atoms with Gasteiger partial charge in [0.1, 0.15) is 11.1 Å². The van der Waals surface area contributed by atoms with Crippen LogP contribution >= 0.6 is 11.3 Å². The van der Waals surface area contributed by atoms with Crippen molar-refractivity contribution in [2.75, 3.05) is 13.2 Å². The summed E-state index contributed by atoms with van der Waals surface area (Å²) in [6.07, 6.45) is 1.12. The molecule has 0 saturated carbocycles. The Morgan fingerprint density at radius 3 is 2.42 bits per heavy atom. The molecule has 0 amide bonds. The van der Waals surface area contributed by atoms with E-state index in [9.17, 15) is 0 Å². The number of nitrogens with zero attached hydrogens (tertiary/aromatic N) is 1. The van der Waals surface area contributed by atoms with Gasteiger partial charge in [0, 0.05) is 23.4 Å². The Hall–Kier alpha value is -0.450. The van der Waals surface area contributed by atoms with Gasteiger partial charge in [0.05, 0.1) is 5.69 Å². The van der Waals surface area contributed by atoms with Crippen LogP contribution in [0.2, 0.25) is 0 Å². The molecule has 1 aromatic heterocycles. The molecule has 0 aliphatic heterocycles. The van der Waals surface area contributed by atoms with Crippen LogP contribution in [0.3, 0.4) is 0 Å². The normalized spacial score (nSPS) is 13.8. The van der Waals surface area contributed by atoms with Gasteiger partial charge in [0.25, 0.3) is 0 Å². The second-order valence-electron chi connectivity index (χ2n) is 5.71. The third-order valence-electron chi connectivity index (χ3n) is 2.97. The topological polar surface area (TPSA) is 34.1 Å². The number of thiazole rings is 1. The van der Waals surface area contributed by atoms with Gasteiger partial charge in [-0.2, -0.15) is 0 Å². The second kappa shape index (κ2) is 7.36.